The largest absolute Gasteiger partial charge is 0.495 e. The molecule has 1 N–H and O–H groups in total. The van der Waals surface area contributed by atoms with Gasteiger partial charge in [0.15, 0.2) is 0 Å². The quantitative estimate of drug-likeness (QED) is 0.628. The Balaban J connectivity index is 1.54. The van der Waals surface area contributed by atoms with Gasteiger partial charge in [-0.25, -0.2) is 8.42 Å². The lowest BCUT2D eigenvalue weighted by Crippen LogP contribution is -2.59. The van der Waals surface area contributed by atoms with Crippen LogP contribution in [0.1, 0.15) is 68.6 Å². The van der Waals surface area contributed by atoms with Gasteiger partial charge in [-0.2, -0.15) is 4.31 Å². The second-order valence-corrected chi connectivity index (χ2v) is 11.8. The normalized spacial score (nSPS) is 24.5. The lowest BCUT2D eigenvalue weighted by Gasteiger charge is -2.48. The van der Waals surface area contributed by atoms with Crippen LogP contribution in [0.4, 0.5) is 0 Å². The summed E-state index contributed by atoms with van der Waals surface area (Å²) in [6.07, 6.45) is 8.37. The van der Waals surface area contributed by atoms with E-state index in [1.54, 1.807) is 16.4 Å². The average Bonchev–Trinajstić information content (AvgIpc) is 2.88. The number of carbonyl (C=O) groups excluding carboxylic acids is 1. The van der Waals surface area contributed by atoms with Gasteiger partial charge in [-0.05, 0) is 50.8 Å². The highest BCUT2D eigenvalue weighted by molar-refractivity contribution is 7.89. The summed E-state index contributed by atoms with van der Waals surface area (Å²) in [5.41, 5.74) is 0.291. The van der Waals surface area contributed by atoms with Gasteiger partial charge < -0.3 is 14.8 Å². The van der Waals surface area contributed by atoms with Crippen LogP contribution in [-0.2, 0) is 14.8 Å². The fraction of sp³-hybridized carbons (Fsp3) is 0.720. The SMILES string of the molecule is COc1ccc(C(=O)NCC2(N3CCOCC3)CCCCC2)cc1S(=O)(=O)N1CCCC[C@@H]1C. The number of ether oxygens (including phenoxy) is 2. The van der Waals surface area contributed by atoms with Gasteiger partial charge in [0.05, 0.1) is 20.3 Å². The number of morpholine rings is 1. The Labute approximate surface area is 204 Å². The fourth-order valence-corrected chi connectivity index (χ4v) is 7.66. The van der Waals surface area contributed by atoms with Crippen molar-refractivity contribution in [2.75, 3.05) is 46.5 Å². The summed E-state index contributed by atoms with van der Waals surface area (Å²) < 4.78 is 39.5. The zero-order valence-electron chi connectivity index (χ0n) is 20.6. The maximum Gasteiger partial charge on any atom is 0.251 e. The Morgan fingerprint density at radius 2 is 1.85 bits per heavy atom. The van der Waals surface area contributed by atoms with Crippen LogP contribution in [-0.4, -0.2) is 81.6 Å². The van der Waals surface area contributed by atoms with E-state index in [0.29, 0.717) is 18.7 Å². The molecule has 0 unspecified atom stereocenters. The summed E-state index contributed by atoms with van der Waals surface area (Å²) in [7, 11) is -2.31. The number of piperidine rings is 1. The molecule has 0 radical (unpaired) electrons. The highest BCUT2D eigenvalue weighted by Gasteiger charge is 2.39. The van der Waals surface area contributed by atoms with Crippen molar-refractivity contribution in [3.63, 3.8) is 0 Å². The highest BCUT2D eigenvalue weighted by Crippen LogP contribution is 2.35. The number of nitrogens with one attached hydrogen (secondary N) is 1. The van der Waals surface area contributed by atoms with E-state index < -0.39 is 10.0 Å². The zero-order valence-corrected chi connectivity index (χ0v) is 21.4. The number of hydrogen-bond acceptors (Lipinski definition) is 6. The topological polar surface area (TPSA) is 88.2 Å². The maximum atomic E-state index is 13.5. The first kappa shape index (κ1) is 25.4. The first-order chi connectivity index (χ1) is 16.4. The van der Waals surface area contributed by atoms with E-state index in [1.807, 2.05) is 6.92 Å². The van der Waals surface area contributed by atoms with E-state index in [2.05, 4.69) is 10.2 Å². The van der Waals surface area contributed by atoms with Gasteiger partial charge in [-0.3, -0.25) is 9.69 Å². The molecular weight excluding hydrogens is 454 g/mol. The number of carbonyl (C=O) groups is 1. The van der Waals surface area contributed by atoms with E-state index in [4.69, 9.17) is 9.47 Å². The number of nitrogens with zero attached hydrogens (tertiary/aromatic N) is 2. The number of sulfonamides is 1. The van der Waals surface area contributed by atoms with Gasteiger partial charge in [0.1, 0.15) is 10.6 Å². The second-order valence-electron chi connectivity index (χ2n) is 9.89. The van der Waals surface area contributed by atoms with Gasteiger partial charge in [0, 0.05) is 43.3 Å². The van der Waals surface area contributed by atoms with Crippen LogP contribution in [0.2, 0.25) is 0 Å². The molecule has 1 amide bonds. The summed E-state index contributed by atoms with van der Waals surface area (Å²) in [5.74, 6) is 0.0235. The number of amides is 1. The molecule has 0 aromatic heterocycles. The summed E-state index contributed by atoms with van der Waals surface area (Å²) in [6.45, 7) is 6.21. The molecule has 3 aliphatic rings. The molecule has 190 valence electrons. The highest BCUT2D eigenvalue weighted by atomic mass is 32.2. The molecule has 1 aromatic carbocycles. The molecule has 0 bridgehead atoms. The standard InChI is InChI=1S/C25H39N3O5S/c1-20-8-4-7-13-28(20)34(30,31)23-18-21(9-10-22(23)32-2)24(29)26-19-25(11-5-3-6-12-25)27-14-16-33-17-15-27/h9-10,18,20H,3-8,11-17,19H2,1-2H3,(H,26,29)/t20-/m0/s1. The second kappa shape index (κ2) is 10.9. The number of methoxy groups -OCH3 is 1. The van der Waals surface area contributed by atoms with Crippen LogP contribution >= 0.6 is 0 Å². The minimum absolute atomic E-state index is 0.0533. The van der Waals surface area contributed by atoms with Crippen molar-refractivity contribution in [1.82, 2.24) is 14.5 Å². The molecule has 2 saturated heterocycles. The predicted molar refractivity (Wildman–Crippen MR) is 131 cm³/mol. The number of hydrogen-bond donors (Lipinski definition) is 1. The Hall–Kier alpha value is -1.68. The molecule has 3 fully saturated rings. The first-order valence-corrected chi connectivity index (χ1v) is 14.1. The summed E-state index contributed by atoms with van der Waals surface area (Å²) >= 11 is 0. The molecule has 4 rings (SSSR count). The van der Waals surface area contributed by atoms with E-state index in [-0.39, 0.29) is 28.1 Å². The molecule has 1 aliphatic carbocycles. The Bertz CT molecular complexity index is 955. The van der Waals surface area contributed by atoms with Gasteiger partial charge in [-0.15, -0.1) is 0 Å². The summed E-state index contributed by atoms with van der Waals surface area (Å²) in [6, 6.07) is 4.65. The van der Waals surface area contributed by atoms with Crippen molar-refractivity contribution in [3.8, 4) is 5.75 Å². The average molecular weight is 494 g/mol. The molecule has 2 heterocycles. The van der Waals surface area contributed by atoms with Crippen molar-refractivity contribution in [1.29, 1.82) is 0 Å². The lowest BCUT2D eigenvalue weighted by molar-refractivity contribution is -0.0361. The third kappa shape index (κ3) is 5.27. The molecule has 1 aromatic rings. The molecule has 9 heteroatoms. The molecule has 8 nitrogen and oxygen atoms in total. The van der Waals surface area contributed by atoms with Gasteiger partial charge in [-0.1, -0.05) is 25.7 Å². The summed E-state index contributed by atoms with van der Waals surface area (Å²) in [5, 5.41) is 3.14. The zero-order chi connectivity index (χ0) is 24.2. The van der Waals surface area contributed by atoms with Crippen LogP contribution in [0, 0.1) is 0 Å². The Morgan fingerprint density at radius 1 is 1.12 bits per heavy atom. The van der Waals surface area contributed by atoms with E-state index in [0.717, 1.165) is 71.2 Å². The predicted octanol–water partition coefficient (Wildman–Crippen LogP) is 3.02. The Morgan fingerprint density at radius 3 is 2.53 bits per heavy atom. The molecule has 1 atom stereocenters. The van der Waals surface area contributed by atoms with E-state index in [9.17, 15) is 13.2 Å². The van der Waals surface area contributed by atoms with Crippen LogP contribution in [0.15, 0.2) is 23.1 Å². The minimum atomic E-state index is -3.77. The molecule has 2 aliphatic heterocycles. The van der Waals surface area contributed by atoms with Crippen molar-refractivity contribution >= 4 is 15.9 Å². The fourth-order valence-electron chi connectivity index (χ4n) is 5.77. The van der Waals surface area contributed by atoms with Gasteiger partial charge >= 0.3 is 0 Å². The first-order valence-electron chi connectivity index (χ1n) is 12.7. The van der Waals surface area contributed by atoms with Crippen molar-refractivity contribution in [2.24, 2.45) is 0 Å². The van der Waals surface area contributed by atoms with E-state index in [1.165, 1.54) is 19.6 Å². The van der Waals surface area contributed by atoms with Crippen LogP contribution in [0.3, 0.4) is 0 Å². The maximum absolute atomic E-state index is 13.5. The third-order valence-corrected chi connectivity index (χ3v) is 9.83. The van der Waals surface area contributed by atoms with Gasteiger partial charge in [0.25, 0.3) is 5.91 Å². The van der Waals surface area contributed by atoms with Crippen molar-refractivity contribution in [2.45, 2.75) is 74.8 Å². The van der Waals surface area contributed by atoms with E-state index >= 15 is 0 Å². The molecule has 34 heavy (non-hydrogen) atoms. The molecule has 0 spiro atoms. The van der Waals surface area contributed by atoms with Crippen LogP contribution in [0.25, 0.3) is 0 Å². The third-order valence-electron chi connectivity index (χ3n) is 7.80. The Kier molecular flexibility index (Phi) is 8.17. The van der Waals surface area contributed by atoms with Crippen molar-refractivity contribution in [3.05, 3.63) is 23.8 Å². The summed E-state index contributed by atoms with van der Waals surface area (Å²) in [4.78, 5) is 15.8. The number of benzene rings is 1. The minimum Gasteiger partial charge on any atom is -0.495 e. The smallest absolute Gasteiger partial charge is 0.251 e. The van der Waals surface area contributed by atoms with Crippen molar-refractivity contribution < 1.29 is 22.7 Å². The number of rotatable bonds is 7. The van der Waals surface area contributed by atoms with Crippen LogP contribution in [0.5, 0.6) is 5.75 Å². The lowest BCUT2D eigenvalue weighted by atomic mass is 9.79. The molecule has 1 saturated carbocycles. The van der Waals surface area contributed by atoms with Gasteiger partial charge in [0.2, 0.25) is 10.0 Å². The monoisotopic (exact) mass is 493 g/mol. The molecular formula is C25H39N3O5S. The van der Waals surface area contributed by atoms with Crippen LogP contribution < -0.4 is 10.1 Å².